The molecule has 5 nitrogen and oxygen atoms in total. The third kappa shape index (κ3) is 8.08. The second kappa shape index (κ2) is 16.3. The number of methoxy groups -OCH3 is 3. The molecule has 6 aliphatic rings. The van der Waals surface area contributed by atoms with Crippen LogP contribution in [0.15, 0.2) is 36.4 Å². The number of ether oxygens (including phenoxy) is 3. The third-order valence-corrected chi connectivity index (χ3v) is 14.4. The smallest absolute Gasteiger partial charge is 0.125 e. The van der Waals surface area contributed by atoms with Crippen LogP contribution in [0.2, 0.25) is 0 Å². The Balaban J connectivity index is 0.000000157. The molecule has 276 valence electrons. The topological polar surface area (TPSA) is 34.2 Å². The predicted molar refractivity (Wildman–Crippen MR) is 201 cm³/mol. The number of benzene rings is 2. The van der Waals surface area contributed by atoms with Gasteiger partial charge in [-0.1, -0.05) is 43.4 Å². The Morgan fingerprint density at radius 1 is 0.600 bits per heavy atom. The molecular formula is C44H65FN2O3. The molecule has 6 heteroatoms. The van der Waals surface area contributed by atoms with Crippen LogP contribution in [0, 0.1) is 36.4 Å². The Bertz CT molecular complexity index is 1400. The Kier molecular flexibility index (Phi) is 11.8. The molecule has 4 bridgehead atoms. The van der Waals surface area contributed by atoms with Crippen molar-refractivity contribution >= 4 is 0 Å². The van der Waals surface area contributed by atoms with Gasteiger partial charge < -0.3 is 24.0 Å². The molecule has 0 amide bonds. The first kappa shape index (κ1) is 36.2. The number of aryl methyl sites for hydroxylation is 1. The van der Waals surface area contributed by atoms with E-state index in [0.717, 1.165) is 78.7 Å². The minimum atomic E-state index is -0.437. The summed E-state index contributed by atoms with van der Waals surface area (Å²) in [6.45, 7) is 6.80. The largest absolute Gasteiger partial charge is 0.496 e. The van der Waals surface area contributed by atoms with E-state index in [1.54, 1.807) is 26.4 Å². The van der Waals surface area contributed by atoms with Crippen molar-refractivity contribution in [3.05, 3.63) is 58.9 Å². The molecule has 6 fully saturated rings. The first-order valence-corrected chi connectivity index (χ1v) is 20.4. The Hall–Kier alpha value is -2.15. The van der Waals surface area contributed by atoms with Gasteiger partial charge in [-0.05, 0) is 156 Å². The summed E-state index contributed by atoms with van der Waals surface area (Å²) in [6, 6.07) is 13.1. The normalized spacial score (nSPS) is 31.7. The van der Waals surface area contributed by atoms with Crippen molar-refractivity contribution in [3.63, 3.8) is 0 Å². The molecule has 2 heterocycles. The first-order chi connectivity index (χ1) is 24.4. The van der Waals surface area contributed by atoms with Crippen molar-refractivity contribution in [2.75, 3.05) is 47.5 Å². The number of hydrogen-bond acceptors (Lipinski definition) is 5. The molecule has 4 aliphatic carbocycles. The van der Waals surface area contributed by atoms with E-state index < -0.39 is 5.60 Å². The van der Waals surface area contributed by atoms with Gasteiger partial charge in [-0.3, -0.25) is 0 Å². The van der Waals surface area contributed by atoms with Crippen molar-refractivity contribution in [1.82, 2.24) is 9.80 Å². The number of rotatable bonds is 7. The van der Waals surface area contributed by atoms with E-state index in [-0.39, 0.29) is 5.82 Å². The molecule has 4 saturated carbocycles. The molecule has 2 aromatic carbocycles. The lowest BCUT2D eigenvalue weighted by atomic mass is 9.82. The van der Waals surface area contributed by atoms with Crippen molar-refractivity contribution in [2.45, 2.75) is 133 Å². The Morgan fingerprint density at radius 2 is 1.14 bits per heavy atom. The van der Waals surface area contributed by atoms with Crippen LogP contribution in [0.5, 0.6) is 11.5 Å². The highest BCUT2D eigenvalue weighted by Gasteiger charge is 2.42. The summed E-state index contributed by atoms with van der Waals surface area (Å²) >= 11 is 0. The van der Waals surface area contributed by atoms with Crippen LogP contribution in [0.4, 0.5) is 4.39 Å². The maximum absolute atomic E-state index is 13.9. The van der Waals surface area contributed by atoms with Crippen molar-refractivity contribution in [1.29, 1.82) is 0 Å². The highest BCUT2D eigenvalue weighted by Crippen LogP contribution is 2.46. The minimum Gasteiger partial charge on any atom is -0.496 e. The highest BCUT2D eigenvalue weighted by atomic mass is 19.1. The Labute approximate surface area is 302 Å². The van der Waals surface area contributed by atoms with Gasteiger partial charge >= 0.3 is 0 Å². The van der Waals surface area contributed by atoms with Crippen molar-refractivity contribution < 1.29 is 18.6 Å². The zero-order chi connectivity index (χ0) is 34.7. The fraction of sp³-hybridized carbons (Fsp3) is 0.727. The lowest BCUT2D eigenvalue weighted by molar-refractivity contribution is -0.0723. The molecule has 50 heavy (non-hydrogen) atoms. The average molecular weight is 689 g/mol. The zero-order valence-electron chi connectivity index (χ0n) is 31.6. The number of piperidine rings is 2. The van der Waals surface area contributed by atoms with Crippen LogP contribution in [-0.2, 0) is 10.3 Å². The highest BCUT2D eigenvalue weighted by molar-refractivity contribution is 5.40. The fourth-order valence-corrected chi connectivity index (χ4v) is 11.5. The van der Waals surface area contributed by atoms with E-state index in [2.05, 4.69) is 34.9 Å². The molecule has 6 atom stereocenters. The summed E-state index contributed by atoms with van der Waals surface area (Å²) < 4.78 is 31.1. The number of fused-ring (bicyclic) bond motifs is 4. The molecule has 0 spiro atoms. The van der Waals surface area contributed by atoms with E-state index in [1.807, 2.05) is 7.11 Å². The monoisotopic (exact) mass is 688 g/mol. The second-order valence-electron chi connectivity index (χ2n) is 17.2. The van der Waals surface area contributed by atoms with Gasteiger partial charge in [-0.25, -0.2) is 4.39 Å². The summed E-state index contributed by atoms with van der Waals surface area (Å²) in [6.07, 6.45) is 21.9. The maximum Gasteiger partial charge on any atom is 0.125 e. The van der Waals surface area contributed by atoms with Gasteiger partial charge in [-0.15, -0.1) is 0 Å². The van der Waals surface area contributed by atoms with E-state index in [4.69, 9.17) is 14.2 Å². The lowest BCUT2D eigenvalue weighted by Gasteiger charge is -2.44. The molecule has 0 radical (unpaired) electrons. The maximum atomic E-state index is 13.9. The lowest BCUT2D eigenvalue weighted by Crippen LogP contribution is -2.48. The SMILES string of the molecule is COc1ccc(C)cc1C1CCN(C2CC[C@H]3CC[C@H](C2)C3)CC1.COc1ccc(F)cc1C1(OC)CCN(C2CCC3CCC(C3)C2)CC1. The van der Waals surface area contributed by atoms with Gasteiger partial charge in [-0.2, -0.15) is 0 Å². The van der Waals surface area contributed by atoms with Gasteiger partial charge in [0, 0.05) is 37.8 Å². The van der Waals surface area contributed by atoms with E-state index in [9.17, 15) is 4.39 Å². The van der Waals surface area contributed by atoms with Gasteiger partial charge in [0.25, 0.3) is 0 Å². The van der Waals surface area contributed by atoms with Gasteiger partial charge in [0.05, 0.1) is 19.8 Å². The zero-order valence-corrected chi connectivity index (χ0v) is 31.6. The van der Waals surface area contributed by atoms with Crippen LogP contribution in [0.3, 0.4) is 0 Å². The summed E-state index contributed by atoms with van der Waals surface area (Å²) in [5.74, 6) is 6.32. The van der Waals surface area contributed by atoms with Crippen LogP contribution in [-0.4, -0.2) is 69.4 Å². The number of halogens is 1. The molecule has 4 unspecified atom stereocenters. The average Bonchev–Trinajstić information content (AvgIpc) is 3.67. The van der Waals surface area contributed by atoms with E-state index >= 15 is 0 Å². The van der Waals surface area contributed by atoms with E-state index in [0.29, 0.717) is 5.92 Å². The molecule has 2 aliphatic heterocycles. The minimum absolute atomic E-state index is 0.223. The van der Waals surface area contributed by atoms with Crippen LogP contribution in [0.1, 0.15) is 125 Å². The van der Waals surface area contributed by atoms with Crippen LogP contribution < -0.4 is 9.47 Å². The number of nitrogens with zero attached hydrogens (tertiary/aromatic N) is 2. The van der Waals surface area contributed by atoms with Gasteiger partial charge in [0.1, 0.15) is 17.3 Å². The van der Waals surface area contributed by atoms with Crippen LogP contribution in [0.25, 0.3) is 0 Å². The summed E-state index contributed by atoms with van der Waals surface area (Å²) in [5, 5.41) is 0. The second-order valence-corrected chi connectivity index (χ2v) is 17.2. The summed E-state index contributed by atoms with van der Waals surface area (Å²) in [7, 11) is 5.21. The number of hydrogen-bond donors (Lipinski definition) is 0. The molecular weight excluding hydrogens is 623 g/mol. The van der Waals surface area contributed by atoms with Gasteiger partial charge in [0.15, 0.2) is 0 Å². The predicted octanol–water partition coefficient (Wildman–Crippen LogP) is 9.89. The number of likely N-dealkylation sites (tertiary alicyclic amines) is 2. The van der Waals surface area contributed by atoms with E-state index in [1.165, 1.54) is 120 Å². The Morgan fingerprint density at radius 3 is 1.72 bits per heavy atom. The molecule has 0 N–H and O–H groups in total. The van der Waals surface area contributed by atoms with Crippen molar-refractivity contribution in [2.24, 2.45) is 23.7 Å². The summed E-state index contributed by atoms with van der Waals surface area (Å²) in [5.41, 5.74) is 3.22. The molecule has 2 saturated heterocycles. The molecule has 2 aromatic rings. The third-order valence-electron chi connectivity index (χ3n) is 14.4. The van der Waals surface area contributed by atoms with Crippen LogP contribution >= 0.6 is 0 Å². The van der Waals surface area contributed by atoms with Gasteiger partial charge in [0.2, 0.25) is 0 Å². The molecule has 0 aromatic heterocycles. The quantitative estimate of drug-likeness (QED) is 0.289. The standard InChI is InChI=1S/C22H32FNO2.C22H33NO/c1-25-21-8-6-18(23)15-20(21)22(26-2)9-11-24(12-10-22)19-7-5-16-3-4-17(13-16)14-19;1-16-3-8-22(24-2)21(13-16)19-9-11-23(12-10-19)20-7-6-17-4-5-18(14-17)15-20/h6,8,15-17,19H,3-5,7,9-14H2,1-2H3;3,8,13,17-20H,4-7,9-12,14-15H2,1-2H3/t;17-,18+,20?/m.1/s1. The van der Waals surface area contributed by atoms with Crippen molar-refractivity contribution in [3.8, 4) is 11.5 Å². The fourth-order valence-electron chi connectivity index (χ4n) is 11.5. The first-order valence-electron chi connectivity index (χ1n) is 20.4. The molecule has 8 rings (SSSR count). The summed E-state index contributed by atoms with van der Waals surface area (Å²) in [4.78, 5) is 5.52.